The number of aromatic nitrogens is 3. The number of rotatable bonds is 3. The van der Waals surface area contributed by atoms with Crippen LogP contribution in [0.5, 0.6) is 17.8 Å². The van der Waals surface area contributed by atoms with Crippen molar-refractivity contribution in [3.63, 3.8) is 0 Å². The molecule has 1 heterocycles. The Bertz CT molecular complexity index is 578. The van der Waals surface area contributed by atoms with Crippen LogP contribution in [-0.2, 0) is 0 Å². The number of ether oxygens (including phenoxy) is 2. The van der Waals surface area contributed by atoms with E-state index in [1.807, 2.05) is 13.0 Å². The monoisotopic (exact) mass is 285 g/mol. The van der Waals surface area contributed by atoms with Crippen LogP contribution in [-0.4, -0.2) is 22.1 Å². The van der Waals surface area contributed by atoms with Crippen LogP contribution in [0.2, 0.25) is 10.3 Å². The second kappa shape index (κ2) is 5.37. The first-order valence-corrected chi connectivity index (χ1v) is 5.73. The Morgan fingerprint density at radius 2 is 1.78 bits per heavy atom. The van der Waals surface area contributed by atoms with Gasteiger partial charge in [-0.15, -0.1) is 4.98 Å². The Balaban J connectivity index is 2.33. The summed E-state index contributed by atoms with van der Waals surface area (Å²) in [5.41, 5.74) is 1.00. The molecule has 0 radical (unpaired) electrons. The van der Waals surface area contributed by atoms with Crippen LogP contribution in [0.1, 0.15) is 5.56 Å². The van der Waals surface area contributed by atoms with Crippen molar-refractivity contribution in [3.8, 4) is 17.8 Å². The third kappa shape index (κ3) is 3.00. The zero-order valence-corrected chi connectivity index (χ0v) is 11.2. The average molecular weight is 286 g/mol. The minimum Gasteiger partial charge on any atom is -0.467 e. The fraction of sp³-hybridized carbons (Fsp3) is 0.182. The van der Waals surface area contributed by atoms with E-state index in [-0.39, 0.29) is 17.3 Å². The van der Waals surface area contributed by atoms with Crippen molar-refractivity contribution in [1.82, 2.24) is 15.0 Å². The Morgan fingerprint density at radius 1 is 1.06 bits per heavy atom. The fourth-order valence-electron chi connectivity index (χ4n) is 1.24. The number of benzene rings is 1. The second-order valence-corrected chi connectivity index (χ2v) is 4.15. The third-order valence-corrected chi connectivity index (χ3v) is 2.52. The molecule has 0 atom stereocenters. The van der Waals surface area contributed by atoms with Crippen LogP contribution >= 0.6 is 23.2 Å². The van der Waals surface area contributed by atoms with E-state index >= 15 is 0 Å². The van der Waals surface area contributed by atoms with Gasteiger partial charge in [-0.3, -0.25) is 0 Å². The zero-order valence-electron chi connectivity index (χ0n) is 9.65. The Hall–Kier alpha value is -1.59. The molecule has 2 aromatic rings. The summed E-state index contributed by atoms with van der Waals surface area (Å²) in [6.07, 6.45) is 0. The third-order valence-electron chi connectivity index (χ3n) is 2.04. The first kappa shape index (κ1) is 12.9. The quantitative estimate of drug-likeness (QED) is 0.866. The molecule has 0 fully saturated rings. The maximum Gasteiger partial charge on any atom is 0.329 e. The molecular formula is C11H9Cl2N3O2. The molecule has 5 nitrogen and oxygen atoms in total. The minimum absolute atomic E-state index is 0.0133. The first-order chi connectivity index (χ1) is 8.58. The molecule has 1 aromatic heterocycles. The molecule has 2 rings (SSSR count). The summed E-state index contributed by atoms with van der Waals surface area (Å²) < 4.78 is 10.3. The van der Waals surface area contributed by atoms with E-state index in [2.05, 4.69) is 15.0 Å². The standard InChI is InChI=1S/C11H9Cl2N3O2/c1-6-3-4-7(12)8(5-6)18-11-15-9(13)14-10(16-11)17-2/h3-5H,1-2H3. The molecule has 18 heavy (non-hydrogen) atoms. The average Bonchev–Trinajstić information content (AvgIpc) is 2.33. The van der Waals surface area contributed by atoms with Gasteiger partial charge in [0.05, 0.1) is 12.1 Å². The lowest BCUT2D eigenvalue weighted by Crippen LogP contribution is -1.99. The summed E-state index contributed by atoms with van der Waals surface area (Å²) in [6.45, 7) is 1.92. The number of nitrogens with zero attached hydrogens (tertiary/aromatic N) is 3. The van der Waals surface area contributed by atoms with E-state index in [0.29, 0.717) is 10.8 Å². The van der Waals surface area contributed by atoms with Crippen LogP contribution in [0.3, 0.4) is 0 Å². The van der Waals surface area contributed by atoms with Gasteiger partial charge in [0.15, 0.2) is 0 Å². The highest BCUT2D eigenvalue weighted by Gasteiger charge is 2.09. The van der Waals surface area contributed by atoms with Crippen LogP contribution in [0.15, 0.2) is 18.2 Å². The van der Waals surface area contributed by atoms with Crippen LogP contribution in [0, 0.1) is 6.92 Å². The highest BCUT2D eigenvalue weighted by Crippen LogP contribution is 2.29. The van der Waals surface area contributed by atoms with Crippen molar-refractivity contribution < 1.29 is 9.47 Å². The van der Waals surface area contributed by atoms with Crippen molar-refractivity contribution in [2.75, 3.05) is 7.11 Å². The van der Waals surface area contributed by atoms with Gasteiger partial charge in [0.25, 0.3) is 0 Å². The van der Waals surface area contributed by atoms with E-state index in [4.69, 9.17) is 32.7 Å². The molecule has 0 unspecified atom stereocenters. The molecule has 94 valence electrons. The van der Waals surface area contributed by atoms with Crippen molar-refractivity contribution in [2.24, 2.45) is 0 Å². The van der Waals surface area contributed by atoms with Crippen molar-refractivity contribution in [2.45, 2.75) is 6.92 Å². The number of methoxy groups -OCH3 is 1. The number of halogens is 2. The molecule has 0 saturated carbocycles. The Labute approximate surface area is 114 Å². The number of aryl methyl sites for hydroxylation is 1. The maximum absolute atomic E-state index is 6.00. The Kier molecular flexibility index (Phi) is 3.84. The molecule has 0 bridgehead atoms. The van der Waals surface area contributed by atoms with Crippen molar-refractivity contribution in [3.05, 3.63) is 34.1 Å². The minimum atomic E-state index is -0.0133. The number of hydrogen-bond acceptors (Lipinski definition) is 5. The lowest BCUT2D eigenvalue weighted by atomic mass is 10.2. The smallest absolute Gasteiger partial charge is 0.329 e. The predicted molar refractivity (Wildman–Crippen MR) is 67.7 cm³/mol. The molecule has 0 saturated heterocycles. The molecule has 0 aliphatic heterocycles. The summed E-state index contributed by atoms with van der Waals surface area (Å²) >= 11 is 11.7. The van der Waals surface area contributed by atoms with Gasteiger partial charge in [-0.25, -0.2) is 0 Å². The predicted octanol–water partition coefficient (Wildman–Crippen LogP) is 3.29. The van der Waals surface area contributed by atoms with Crippen molar-refractivity contribution >= 4 is 23.2 Å². The maximum atomic E-state index is 6.00. The van der Waals surface area contributed by atoms with Crippen LogP contribution in [0.25, 0.3) is 0 Å². The first-order valence-electron chi connectivity index (χ1n) is 4.98. The van der Waals surface area contributed by atoms with Gasteiger partial charge in [-0.2, -0.15) is 9.97 Å². The summed E-state index contributed by atoms with van der Waals surface area (Å²) in [7, 11) is 1.43. The topological polar surface area (TPSA) is 57.1 Å². The lowest BCUT2D eigenvalue weighted by Gasteiger charge is -2.07. The number of hydrogen-bond donors (Lipinski definition) is 0. The van der Waals surface area contributed by atoms with Crippen LogP contribution in [0.4, 0.5) is 0 Å². The van der Waals surface area contributed by atoms with E-state index in [9.17, 15) is 0 Å². The van der Waals surface area contributed by atoms with Gasteiger partial charge >= 0.3 is 12.0 Å². The van der Waals surface area contributed by atoms with E-state index < -0.39 is 0 Å². The van der Waals surface area contributed by atoms with E-state index in [1.54, 1.807) is 12.1 Å². The fourth-order valence-corrected chi connectivity index (χ4v) is 1.54. The zero-order chi connectivity index (χ0) is 13.1. The molecule has 0 N–H and O–H groups in total. The molecule has 1 aromatic carbocycles. The highest BCUT2D eigenvalue weighted by molar-refractivity contribution is 6.32. The van der Waals surface area contributed by atoms with Gasteiger partial charge in [0.1, 0.15) is 5.75 Å². The van der Waals surface area contributed by atoms with Gasteiger partial charge in [-0.05, 0) is 36.2 Å². The second-order valence-electron chi connectivity index (χ2n) is 3.41. The highest BCUT2D eigenvalue weighted by atomic mass is 35.5. The molecule has 0 aliphatic carbocycles. The Morgan fingerprint density at radius 3 is 2.50 bits per heavy atom. The molecule has 0 amide bonds. The normalized spacial score (nSPS) is 10.2. The van der Waals surface area contributed by atoms with Gasteiger partial charge in [0, 0.05) is 0 Å². The summed E-state index contributed by atoms with van der Waals surface area (Å²) in [5, 5.41) is 0.441. The van der Waals surface area contributed by atoms with Crippen molar-refractivity contribution in [1.29, 1.82) is 0 Å². The molecule has 7 heteroatoms. The lowest BCUT2D eigenvalue weighted by molar-refractivity contribution is 0.359. The molecular weight excluding hydrogens is 277 g/mol. The van der Waals surface area contributed by atoms with Gasteiger partial charge < -0.3 is 9.47 Å². The SMILES string of the molecule is COc1nc(Cl)nc(Oc2cc(C)ccc2Cl)n1. The summed E-state index contributed by atoms with van der Waals surface area (Å²) in [4.78, 5) is 11.5. The van der Waals surface area contributed by atoms with Gasteiger partial charge in [0.2, 0.25) is 5.28 Å². The van der Waals surface area contributed by atoms with Gasteiger partial charge in [-0.1, -0.05) is 17.7 Å². The summed E-state index contributed by atoms with van der Waals surface area (Å²) in [6, 6.07) is 5.47. The van der Waals surface area contributed by atoms with E-state index in [1.165, 1.54) is 7.11 Å². The van der Waals surface area contributed by atoms with Crippen LogP contribution < -0.4 is 9.47 Å². The largest absolute Gasteiger partial charge is 0.467 e. The summed E-state index contributed by atoms with van der Waals surface area (Å²) in [5.74, 6) is 0.445. The molecule has 0 aliphatic rings. The molecule has 0 spiro atoms. The van der Waals surface area contributed by atoms with E-state index in [0.717, 1.165) is 5.56 Å².